The second-order valence-electron chi connectivity index (χ2n) is 11.1. The third-order valence-corrected chi connectivity index (χ3v) is 8.41. The molecule has 3 aromatic heterocycles. The molecule has 5 aromatic rings. The van der Waals surface area contributed by atoms with Crippen molar-refractivity contribution in [1.82, 2.24) is 19.9 Å². The molecule has 5 nitrogen and oxygen atoms in total. The molecule has 5 heteroatoms. The van der Waals surface area contributed by atoms with Crippen molar-refractivity contribution in [2.45, 2.75) is 53.5 Å². The molecule has 2 N–H and O–H groups in total. The van der Waals surface area contributed by atoms with Gasteiger partial charge in [0.2, 0.25) is 5.91 Å². The molecule has 0 bridgehead atoms. The number of fused-ring (bicyclic) bond motifs is 4. The molecule has 184 valence electrons. The van der Waals surface area contributed by atoms with Gasteiger partial charge in [-0.3, -0.25) is 4.79 Å². The summed E-state index contributed by atoms with van der Waals surface area (Å²) in [5.41, 5.74) is 8.33. The Labute approximate surface area is 211 Å². The quantitative estimate of drug-likeness (QED) is 0.291. The van der Waals surface area contributed by atoms with Gasteiger partial charge in [-0.1, -0.05) is 50.2 Å². The molecule has 0 aliphatic heterocycles. The van der Waals surface area contributed by atoms with Crippen molar-refractivity contribution in [3.05, 3.63) is 77.1 Å². The monoisotopic (exact) mass is 478 g/mol. The third kappa shape index (κ3) is 3.52. The van der Waals surface area contributed by atoms with Gasteiger partial charge in [-0.25, -0.2) is 4.98 Å². The van der Waals surface area contributed by atoms with Gasteiger partial charge in [0.1, 0.15) is 5.65 Å². The number of aryl methyl sites for hydroxylation is 3. The van der Waals surface area contributed by atoms with Gasteiger partial charge in [-0.05, 0) is 67.3 Å². The zero-order valence-electron chi connectivity index (χ0n) is 21.8. The molecule has 1 amide bonds. The fraction of sp³-hybridized carbons (Fsp3) is 0.355. The van der Waals surface area contributed by atoms with E-state index in [-0.39, 0.29) is 11.3 Å². The van der Waals surface area contributed by atoms with E-state index in [4.69, 9.17) is 4.98 Å². The standard InChI is InChI=1S/C31H34N4O/c1-18-16-19(2)33-30-27(18)22-11-7-9-13-25(22)35(30)15-14-32-26(36)17-23-29(31(23,4)5)28-20(3)34-24-12-8-6-10-21(24)28/h6-13,16,23,29,34H,14-15,17H2,1-5H3,(H,32,36)/t23-,29+/m0/s1. The summed E-state index contributed by atoms with van der Waals surface area (Å²) in [7, 11) is 0. The zero-order valence-corrected chi connectivity index (χ0v) is 21.8. The molecule has 0 radical (unpaired) electrons. The highest BCUT2D eigenvalue weighted by Gasteiger charge is 2.59. The largest absolute Gasteiger partial charge is 0.358 e. The lowest BCUT2D eigenvalue weighted by atomic mass is 10.0. The van der Waals surface area contributed by atoms with E-state index in [1.807, 2.05) is 6.92 Å². The molecule has 0 saturated heterocycles. The van der Waals surface area contributed by atoms with Gasteiger partial charge in [0.25, 0.3) is 0 Å². The van der Waals surface area contributed by atoms with Gasteiger partial charge in [0, 0.05) is 52.6 Å². The van der Waals surface area contributed by atoms with E-state index in [1.165, 1.54) is 44.0 Å². The van der Waals surface area contributed by atoms with Crippen molar-refractivity contribution in [3.8, 4) is 0 Å². The SMILES string of the molecule is Cc1cc(C)c2c3ccccc3n(CCNC(=O)C[C@H]3[C@H](c4c(C)[nH]c5ccccc45)C3(C)C)c2n1. The fourth-order valence-corrected chi connectivity index (χ4v) is 6.58. The number of carbonyl (C=O) groups is 1. The zero-order chi connectivity index (χ0) is 25.2. The van der Waals surface area contributed by atoms with Crippen LogP contribution in [0.5, 0.6) is 0 Å². The van der Waals surface area contributed by atoms with Crippen LogP contribution in [-0.2, 0) is 11.3 Å². The molecule has 1 fully saturated rings. The van der Waals surface area contributed by atoms with Crippen LogP contribution in [0.3, 0.4) is 0 Å². The van der Waals surface area contributed by atoms with Crippen LogP contribution in [0.15, 0.2) is 54.6 Å². The number of pyridine rings is 1. The average Bonchev–Trinajstić information content (AvgIpc) is 3.10. The van der Waals surface area contributed by atoms with Crippen molar-refractivity contribution < 1.29 is 4.79 Å². The number of aromatic amines is 1. The third-order valence-electron chi connectivity index (χ3n) is 8.41. The number of nitrogens with one attached hydrogen (secondary N) is 2. The van der Waals surface area contributed by atoms with Gasteiger partial charge in [-0.15, -0.1) is 0 Å². The Morgan fingerprint density at radius 1 is 1.06 bits per heavy atom. The van der Waals surface area contributed by atoms with E-state index < -0.39 is 0 Å². The molecule has 2 aromatic carbocycles. The predicted octanol–water partition coefficient (Wildman–Crippen LogP) is 6.54. The van der Waals surface area contributed by atoms with Crippen LogP contribution in [0.1, 0.15) is 48.7 Å². The number of H-pyrrole nitrogens is 1. The normalized spacial score (nSPS) is 18.8. The first-order valence-electron chi connectivity index (χ1n) is 13.0. The van der Waals surface area contributed by atoms with E-state index in [1.54, 1.807) is 0 Å². The molecule has 0 unspecified atom stereocenters. The Hall–Kier alpha value is -3.60. The molecule has 2 atom stereocenters. The number of carbonyl (C=O) groups excluding carboxylic acids is 1. The minimum atomic E-state index is 0.110. The summed E-state index contributed by atoms with van der Waals surface area (Å²) in [4.78, 5) is 21.5. The van der Waals surface area contributed by atoms with Gasteiger partial charge >= 0.3 is 0 Å². The maximum absolute atomic E-state index is 13.1. The summed E-state index contributed by atoms with van der Waals surface area (Å²) in [5.74, 6) is 0.872. The number of hydrogen-bond acceptors (Lipinski definition) is 2. The van der Waals surface area contributed by atoms with E-state index >= 15 is 0 Å². The predicted molar refractivity (Wildman–Crippen MR) is 147 cm³/mol. The highest BCUT2D eigenvalue weighted by molar-refractivity contribution is 6.08. The molecule has 0 spiro atoms. The van der Waals surface area contributed by atoms with Crippen LogP contribution < -0.4 is 5.32 Å². The Kier molecular flexibility index (Phi) is 5.22. The van der Waals surface area contributed by atoms with Crippen molar-refractivity contribution in [2.24, 2.45) is 11.3 Å². The topological polar surface area (TPSA) is 62.7 Å². The molecule has 36 heavy (non-hydrogen) atoms. The minimum absolute atomic E-state index is 0.110. The maximum Gasteiger partial charge on any atom is 0.220 e. The fourth-order valence-electron chi connectivity index (χ4n) is 6.58. The van der Waals surface area contributed by atoms with Crippen molar-refractivity contribution in [1.29, 1.82) is 0 Å². The van der Waals surface area contributed by atoms with Crippen molar-refractivity contribution in [3.63, 3.8) is 0 Å². The van der Waals surface area contributed by atoms with Gasteiger partial charge < -0.3 is 14.9 Å². The van der Waals surface area contributed by atoms with Crippen molar-refractivity contribution >= 4 is 38.7 Å². The summed E-state index contributed by atoms with van der Waals surface area (Å²) >= 11 is 0. The molecule has 3 heterocycles. The lowest BCUT2D eigenvalue weighted by Crippen LogP contribution is -2.27. The second-order valence-corrected chi connectivity index (χ2v) is 11.1. The molecule has 1 aliphatic carbocycles. The summed E-state index contributed by atoms with van der Waals surface area (Å²) in [6, 6.07) is 19.1. The van der Waals surface area contributed by atoms with E-state index in [2.05, 4.69) is 97.2 Å². The smallest absolute Gasteiger partial charge is 0.220 e. The van der Waals surface area contributed by atoms with Crippen LogP contribution in [0.25, 0.3) is 32.8 Å². The van der Waals surface area contributed by atoms with E-state index in [0.29, 0.717) is 31.3 Å². The number of benzene rings is 2. The Bertz CT molecular complexity index is 1640. The Morgan fingerprint density at radius 2 is 1.78 bits per heavy atom. The number of para-hydroxylation sites is 2. The maximum atomic E-state index is 13.1. The Morgan fingerprint density at radius 3 is 2.58 bits per heavy atom. The molecular weight excluding hydrogens is 444 g/mol. The molecule has 6 rings (SSSR count). The van der Waals surface area contributed by atoms with Crippen LogP contribution in [-0.4, -0.2) is 27.0 Å². The van der Waals surface area contributed by atoms with Crippen LogP contribution >= 0.6 is 0 Å². The first-order chi connectivity index (χ1) is 17.3. The summed E-state index contributed by atoms with van der Waals surface area (Å²) in [6.45, 7) is 12.2. The van der Waals surface area contributed by atoms with E-state index in [9.17, 15) is 4.79 Å². The minimum Gasteiger partial charge on any atom is -0.358 e. The molecule has 1 saturated carbocycles. The van der Waals surface area contributed by atoms with Crippen LogP contribution in [0, 0.1) is 32.1 Å². The van der Waals surface area contributed by atoms with Crippen molar-refractivity contribution in [2.75, 3.05) is 6.54 Å². The number of nitrogens with zero attached hydrogens (tertiary/aromatic N) is 2. The second kappa shape index (κ2) is 8.22. The lowest BCUT2D eigenvalue weighted by molar-refractivity contribution is -0.121. The highest BCUT2D eigenvalue weighted by Crippen LogP contribution is 2.67. The molecular formula is C31H34N4O. The number of rotatable bonds is 6. The first kappa shape index (κ1) is 22.8. The van der Waals surface area contributed by atoms with Gasteiger partial charge in [-0.2, -0.15) is 0 Å². The summed E-state index contributed by atoms with van der Waals surface area (Å²) < 4.78 is 2.25. The van der Waals surface area contributed by atoms with Crippen LogP contribution in [0.2, 0.25) is 0 Å². The number of aromatic nitrogens is 3. The number of amides is 1. The Balaban J connectivity index is 1.18. The highest BCUT2D eigenvalue weighted by atomic mass is 16.1. The van der Waals surface area contributed by atoms with Gasteiger partial charge in [0.05, 0.1) is 5.52 Å². The first-order valence-corrected chi connectivity index (χ1v) is 13.0. The summed E-state index contributed by atoms with van der Waals surface area (Å²) in [6.07, 6.45) is 0.556. The number of hydrogen-bond donors (Lipinski definition) is 2. The van der Waals surface area contributed by atoms with Crippen LogP contribution in [0.4, 0.5) is 0 Å². The van der Waals surface area contributed by atoms with Gasteiger partial charge in [0.15, 0.2) is 0 Å². The average molecular weight is 479 g/mol. The lowest BCUT2D eigenvalue weighted by Gasteiger charge is -2.10. The molecule has 1 aliphatic rings. The summed E-state index contributed by atoms with van der Waals surface area (Å²) in [5, 5.41) is 6.93. The van der Waals surface area contributed by atoms with E-state index in [0.717, 1.165) is 11.3 Å².